The van der Waals surface area contributed by atoms with Crippen molar-refractivity contribution in [3.63, 3.8) is 0 Å². The standard InChI is InChI=1S/C16H14N4S/c1-2-14-19-20-13(9-17)15(18-16(20)21-14)12-7-6-10-4-3-5-11(10)8-12/h6-8H,2-5H2,1H3. The summed E-state index contributed by atoms with van der Waals surface area (Å²) in [6.07, 6.45) is 4.39. The maximum Gasteiger partial charge on any atom is 0.214 e. The molecule has 4 nitrogen and oxygen atoms in total. The molecule has 0 bridgehead atoms. The van der Waals surface area contributed by atoms with Crippen molar-refractivity contribution >= 4 is 16.3 Å². The van der Waals surface area contributed by atoms with Crippen LogP contribution in [-0.4, -0.2) is 14.6 Å². The van der Waals surface area contributed by atoms with Crippen LogP contribution in [0.25, 0.3) is 16.2 Å². The molecular formula is C16H14N4S. The third kappa shape index (κ3) is 1.87. The van der Waals surface area contributed by atoms with Gasteiger partial charge in [0.15, 0.2) is 5.69 Å². The summed E-state index contributed by atoms with van der Waals surface area (Å²) in [6, 6.07) is 8.72. The van der Waals surface area contributed by atoms with Gasteiger partial charge in [0.25, 0.3) is 0 Å². The van der Waals surface area contributed by atoms with Gasteiger partial charge in [-0.1, -0.05) is 30.4 Å². The van der Waals surface area contributed by atoms with E-state index in [1.807, 2.05) is 0 Å². The first kappa shape index (κ1) is 12.5. The Kier molecular flexibility index (Phi) is 2.79. The van der Waals surface area contributed by atoms with Crippen LogP contribution in [0, 0.1) is 11.3 Å². The Morgan fingerprint density at radius 1 is 1.33 bits per heavy atom. The van der Waals surface area contributed by atoms with Crippen molar-refractivity contribution < 1.29 is 0 Å². The van der Waals surface area contributed by atoms with Gasteiger partial charge >= 0.3 is 0 Å². The quantitative estimate of drug-likeness (QED) is 0.728. The lowest BCUT2D eigenvalue weighted by molar-refractivity contribution is 0.899. The van der Waals surface area contributed by atoms with Crippen LogP contribution in [0.15, 0.2) is 18.2 Å². The average molecular weight is 294 g/mol. The van der Waals surface area contributed by atoms with Crippen molar-refractivity contribution in [2.45, 2.75) is 32.6 Å². The molecule has 0 spiro atoms. The van der Waals surface area contributed by atoms with Crippen molar-refractivity contribution in [3.05, 3.63) is 40.0 Å². The predicted octanol–water partition coefficient (Wildman–Crippen LogP) is 3.38. The lowest BCUT2D eigenvalue weighted by Gasteiger charge is -2.02. The number of fused-ring (bicyclic) bond motifs is 2. The second-order valence-corrected chi connectivity index (χ2v) is 6.34. The molecule has 0 atom stereocenters. The Labute approximate surface area is 126 Å². The predicted molar refractivity (Wildman–Crippen MR) is 82.4 cm³/mol. The van der Waals surface area contributed by atoms with Crippen molar-refractivity contribution in [2.75, 3.05) is 0 Å². The highest BCUT2D eigenvalue weighted by molar-refractivity contribution is 7.16. The van der Waals surface area contributed by atoms with Crippen LogP contribution in [0.2, 0.25) is 0 Å². The molecule has 0 unspecified atom stereocenters. The zero-order valence-electron chi connectivity index (χ0n) is 11.8. The minimum atomic E-state index is 0.541. The lowest BCUT2D eigenvalue weighted by Crippen LogP contribution is -1.92. The molecule has 3 aromatic rings. The summed E-state index contributed by atoms with van der Waals surface area (Å²) in [7, 11) is 0. The molecule has 2 heterocycles. The topological polar surface area (TPSA) is 54.0 Å². The molecular weight excluding hydrogens is 280 g/mol. The molecule has 0 radical (unpaired) electrons. The number of hydrogen-bond donors (Lipinski definition) is 0. The Hall–Kier alpha value is -2.19. The number of benzene rings is 1. The summed E-state index contributed by atoms with van der Waals surface area (Å²) in [5.41, 5.74) is 5.16. The van der Waals surface area contributed by atoms with Crippen LogP contribution < -0.4 is 0 Å². The van der Waals surface area contributed by atoms with Gasteiger partial charge in [-0.3, -0.25) is 0 Å². The van der Waals surface area contributed by atoms with Crippen molar-refractivity contribution in [3.8, 4) is 17.3 Å². The zero-order valence-corrected chi connectivity index (χ0v) is 12.6. The van der Waals surface area contributed by atoms with E-state index in [1.54, 1.807) is 15.9 Å². The first-order valence-electron chi connectivity index (χ1n) is 7.21. The van der Waals surface area contributed by atoms with Gasteiger partial charge in [-0.2, -0.15) is 14.9 Å². The highest BCUT2D eigenvalue weighted by Crippen LogP contribution is 2.31. The monoisotopic (exact) mass is 294 g/mol. The molecule has 5 heteroatoms. The number of aromatic nitrogens is 3. The fourth-order valence-electron chi connectivity index (χ4n) is 2.95. The Balaban J connectivity index is 1.90. The lowest BCUT2D eigenvalue weighted by atomic mass is 10.0. The molecule has 104 valence electrons. The summed E-state index contributed by atoms with van der Waals surface area (Å²) in [5.74, 6) is 0. The second kappa shape index (κ2) is 4.68. The SMILES string of the molecule is CCc1nn2c(C#N)c(-c3ccc4c(c3)CCC4)nc2s1. The Morgan fingerprint density at radius 2 is 2.19 bits per heavy atom. The Bertz CT molecular complexity index is 882. The molecule has 0 N–H and O–H groups in total. The number of aryl methyl sites for hydroxylation is 3. The molecule has 0 amide bonds. The van der Waals surface area contributed by atoms with Crippen LogP contribution in [0.5, 0.6) is 0 Å². The van der Waals surface area contributed by atoms with Crippen LogP contribution in [0.1, 0.15) is 35.2 Å². The number of nitriles is 1. The molecule has 1 aromatic carbocycles. The molecule has 0 fully saturated rings. The molecule has 0 saturated carbocycles. The van der Waals surface area contributed by atoms with Gasteiger partial charge in [0.05, 0.1) is 0 Å². The fraction of sp³-hybridized carbons (Fsp3) is 0.312. The summed E-state index contributed by atoms with van der Waals surface area (Å²) >= 11 is 1.56. The number of hydrogen-bond acceptors (Lipinski definition) is 4. The highest BCUT2D eigenvalue weighted by Gasteiger charge is 2.19. The molecule has 2 aromatic heterocycles. The van der Waals surface area contributed by atoms with E-state index in [0.29, 0.717) is 5.69 Å². The number of imidazole rings is 1. The van der Waals surface area contributed by atoms with Crippen LogP contribution in [0.4, 0.5) is 0 Å². The van der Waals surface area contributed by atoms with Gasteiger partial charge < -0.3 is 0 Å². The van der Waals surface area contributed by atoms with E-state index in [4.69, 9.17) is 0 Å². The normalized spacial score (nSPS) is 13.5. The average Bonchev–Trinajstić information content (AvgIpc) is 3.19. The highest BCUT2D eigenvalue weighted by atomic mass is 32.1. The summed E-state index contributed by atoms with van der Waals surface area (Å²) < 4.78 is 1.69. The minimum absolute atomic E-state index is 0.541. The molecule has 0 aliphatic heterocycles. The van der Waals surface area contributed by atoms with Gasteiger partial charge in [0, 0.05) is 5.56 Å². The second-order valence-electron chi connectivity index (χ2n) is 5.30. The number of nitrogens with zero attached hydrogens (tertiary/aromatic N) is 4. The molecule has 0 saturated heterocycles. The smallest absolute Gasteiger partial charge is 0.214 e. The number of rotatable bonds is 2. The van der Waals surface area contributed by atoms with Crippen molar-refractivity contribution in [2.24, 2.45) is 0 Å². The van der Waals surface area contributed by atoms with E-state index in [0.717, 1.165) is 34.1 Å². The largest absolute Gasteiger partial charge is 0.216 e. The zero-order chi connectivity index (χ0) is 14.4. The third-order valence-corrected chi connectivity index (χ3v) is 5.08. The van der Waals surface area contributed by atoms with Gasteiger partial charge in [0.1, 0.15) is 16.8 Å². The van der Waals surface area contributed by atoms with Crippen molar-refractivity contribution in [1.82, 2.24) is 14.6 Å². The van der Waals surface area contributed by atoms with Gasteiger partial charge in [-0.15, -0.1) is 0 Å². The van der Waals surface area contributed by atoms with E-state index in [9.17, 15) is 5.26 Å². The van der Waals surface area contributed by atoms with E-state index in [1.165, 1.54) is 24.0 Å². The van der Waals surface area contributed by atoms with E-state index >= 15 is 0 Å². The molecule has 21 heavy (non-hydrogen) atoms. The van der Waals surface area contributed by atoms with Crippen LogP contribution in [0.3, 0.4) is 0 Å². The molecule has 1 aliphatic carbocycles. The van der Waals surface area contributed by atoms with Crippen LogP contribution >= 0.6 is 11.3 Å². The van der Waals surface area contributed by atoms with Crippen molar-refractivity contribution in [1.29, 1.82) is 5.26 Å². The maximum absolute atomic E-state index is 9.50. The summed E-state index contributed by atoms with van der Waals surface area (Å²) in [5, 5.41) is 15.0. The third-order valence-electron chi connectivity index (χ3n) is 4.03. The fourth-order valence-corrected chi connectivity index (χ4v) is 3.78. The van der Waals surface area contributed by atoms with Gasteiger partial charge in [0.2, 0.25) is 4.96 Å². The molecule has 4 rings (SSSR count). The summed E-state index contributed by atoms with van der Waals surface area (Å²) in [6.45, 7) is 2.06. The molecule has 1 aliphatic rings. The maximum atomic E-state index is 9.50. The van der Waals surface area contributed by atoms with Gasteiger partial charge in [-0.25, -0.2) is 4.98 Å². The van der Waals surface area contributed by atoms with E-state index in [-0.39, 0.29) is 0 Å². The first-order chi connectivity index (χ1) is 10.3. The minimum Gasteiger partial charge on any atom is -0.216 e. The summed E-state index contributed by atoms with van der Waals surface area (Å²) in [4.78, 5) is 5.45. The van der Waals surface area contributed by atoms with E-state index < -0.39 is 0 Å². The Morgan fingerprint density at radius 3 is 3.00 bits per heavy atom. The van der Waals surface area contributed by atoms with Gasteiger partial charge in [-0.05, 0) is 42.9 Å². The van der Waals surface area contributed by atoms with E-state index in [2.05, 4.69) is 41.3 Å². The van der Waals surface area contributed by atoms with Crippen LogP contribution in [-0.2, 0) is 19.3 Å². The first-order valence-corrected chi connectivity index (χ1v) is 8.02.